The van der Waals surface area contributed by atoms with Crippen LogP contribution in [0, 0.1) is 0 Å². The van der Waals surface area contributed by atoms with Crippen LogP contribution in [0.3, 0.4) is 0 Å². The van der Waals surface area contributed by atoms with Gasteiger partial charge in [-0.25, -0.2) is 0 Å². The van der Waals surface area contributed by atoms with Crippen LogP contribution in [0.1, 0.15) is 23.3 Å². The summed E-state index contributed by atoms with van der Waals surface area (Å²) < 4.78 is 0. The Kier molecular flexibility index (Phi) is 5.34. The number of aryl methyl sites for hydroxylation is 1. The third-order valence-corrected chi connectivity index (χ3v) is 3.93. The monoisotopic (exact) mass is 303 g/mol. The Balaban J connectivity index is 1.90. The van der Waals surface area contributed by atoms with Crippen molar-refractivity contribution < 1.29 is 10.0 Å². The van der Waals surface area contributed by atoms with Crippen LogP contribution in [0.15, 0.2) is 46.9 Å². The summed E-state index contributed by atoms with van der Waals surface area (Å²) in [6, 6.07) is 11.0. The van der Waals surface area contributed by atoms with Gasteiger partial charge in [-0.15, -0.1) is 11.3 Å². The van der Waals surface area contributed by atoms with Crippen molar-refractivity contribution in [3.63, 3.8) is 0 Å². The second-order valence-corrected chi connectivity index (χ2v) is 5.54. The number of nitrogens with zero attached hydrogens (tertiary/aromatic N) is 1. The van der Waals surface area contributed by atoms with Crippen LogP contribution >= 0.6 is 11.3 Å². The molecule has 1 heterocycles. The van der Waals surface area contributed by atoms with Gasteiger partial charge >= 0.3 is 0 Å². The number of anilines is 1. The molecule has 2 rings (SSSR count). The lowest BCUT2D eigenvalue weighted by atomic mass is 10.1. The maximum Gasteiger partial charge on any atom is 0.224 e. The third-order valence-electron chi connectivity index (χ3n) is 2.99. The first-order valence-corrected chi connectivity index (χ1v) is 7.48. The second-order valence-electron chi connectivity index (χ2n) is 4.51. The topological polar surface area (TPSA) is 87.7 Å². The predicted octanol–water partition coefficient (Wildman–Crippen LogP) is 2.80. The zero-order valence-corrected chi connectivity index (χ0v) is 12.3. The van der Waals surface area contributed by atoms with Crippen LogP contribution in [0.25, 0.3) is 0 Å². The zero-order valence-electron chi connectivity index (χ0n) is 11.5. The zero-order chi connectivity index (χ0) is 15.1. The van der Waals surface area contributed by atoms with E-state index in [0.29, 0.717) is 17.7 Å². The van der Waals surface area contributed by atoms with E-state index in [1.54, 1.807) is 35.6 Å². The molecule has 1 aromatic heterocycles. The van der Waals surface area contributed by atoms with Crippen LogP contribution in [-0.4, -0.2) is 17.0 Å². The van der Waals surface area contributed by atoms with Gasteiger partial charge < -0.3 is 16.3 Å². The normalized spacial score (nSPS) is 11.3. The van der Waals surface area contributed by atoms with Gasteiger partial charge in [0.2, 0.25) is 5.91 Å². The van der Waals surface area contributed by atoms with E-state index in [1.807, 2.05) is 11.4 Å². The summed E-state index contributed by atoms with van der Waals surface area (Å²) in [5.74, 6) is -0.103. The molecule has 0 saturated carbocycles. The molecular formula is C15H17N3O2S. The largest absolute Gasteiger partial charge is 0.409 e. The van der Waals surface area contributed by atoms with Crippen molar-refractivity contribution in [3.8, 4) is 0 Å². The Hall–Kier alpha value is -2.34. The standard InChI is InChI=1S/C15H17N3O2S/c16-15(18-20)12-7-1-2-8-13(12)17-14(19)9-3-5-11-6-4-10-21-11/h1-2,4,6-8,10,20H,3,5,9H2,(H2,16,18)(H,17,19). The lowest BCUT2D eigenvalue weighted by Crippen LogP contribution is -2.19. The van der Waals surface area contributed by atoms with E-state index in [2.05, 4.69) is 16.5 Å². The Morgan fingerprint density at radius 2 is 2.10 bits per heavy atom. The quantitative estimate of drug-likeness (QED) is 0.332. The number of para-hydroxylation sites is 1. The highest BCUT2D eigenvalue weighted by atomic mass is 32.1. The second kappa shape index (κ2) is 7.44. The lowest BCUT2D eigenvalue weighted by molar-refractivity contribution is -0.116. The third kappa shape index (κ3) is 4.32. The number of amidine groups is 1. The highest BCUT2D eigenvalue weighted by molar-refractivity contribution is 7.09. The van der Waals surface area contributed by atoms with E-state index < -0.39 is 0 Å². The summed E-state index contributed by atoms with van der Waals surface area (Å²) in [4.78, 5) is 13.2. The molecule has 5 nitrogen and oxygen atoms in total. The summed E-state index contributed by atoms with van der Waals surface area (Å²) >= 11 is 1.70. The molecule has 0 unspecified atom stereocenters. The Morgan fingerprint density at radius 3 is 2.81 bits per heavy atom. The van der Waals surface area contributed by atoms with Crippen molar-refractivity contribution in [3.05, 3.63) is 52.2 Å². The molecule has 0 aliphatic carbocycles. The maximum atomic E-state index is 12.0. The smallest absolute Gasteiger partial charge is 0.224 e. The van der Waals surface area contributed by atoms with Gasteiger partial charge in [-0.2, -0.15) is 0 Å². The molecule has 0 atom stereocenters. The number of amides is 1. The predicted molar refractivity (Wildman–Crippen MR) is 84.8 cm³/mol. The van der Waals surface area contributed by atoms with Gasteiger partial charge in [0.15, 0.2) is 5.84 Å². The molecular weight excluding hydrogens is 286 g/mol. The van der Waals surface area contributed by atoms with Gasteiger partial charge in [0.25, 0.3) is 0 Å². The summed E-state index contributed by atoms with van der Waals surface area (Å²) in [5.41, 5.74) is 6.64. The van der Waals surface area contributed by atoms with Crippen molar-refractivity contribution in [1.82, 2.24) is 0 Å². The summed E-state index contributed by atoms with van der Waals surface area (Å²) in [6.45, 7) is 0. The van der Waals surface area contributed by atoms with E-state index in [1.165, 1.54) is 4.88 Å². The van der Waals surface area contributed by atoms with Crippen LogP contribution in [0.4, 0.5) is 5.69 Å². The van der Waals surface area contributed by atoms with Gasteiger partial charge in [0.1, 0.15) is 0 Å². The first-order valence-electron chi connectivity index (χ1n) is 6.60. The molecule has 4 N–H and O–H groups in total. The molecule has 2 aromatic rings. The molecule has 110 valence electrons. The fourth-order valence-corrected chi connectivity index (χ4v) is 2.71. The lowest BCUT2D eigenvalue weighted by Gasteiger charge is -2.09. The van der Waals surface area contributed by atoms with Crippen molar-refractivity contribution in [1.29, 1.82) is 0 Å². The molecule has 0 radical (unpaired) electrons. The van der Waals surface area contributed by atoms with Crippen LogP contribution in [-0.2, 0) is 11.2 Å². The molecule has 0 aliphatic heterocycles. The number of carbonyl (C=O) groups is 1. The SMILES string of the molecule is N/C(=N/O)c1ccccc1NC(=O)CCCc1cccs1. The first kappa shape index (κ1) is 15.1. The molecule has 0 saturated heterocycles. The average molecular weight is 303 g/mol. The van der Waals surface area contributed by atoms with Crippen molar-refractivity contribution >= 4 is 28.8 Å². The number of nitrogens with one attached hydrogen (secondary N) is 1. The number of oxime groups is 1. The number of nitrogens with two attached hydrogens (primary N) is 1. The number of benzene rings is 1. The Labute approximate surface area is 127 Å². The molecule has 1 aromatic carbocycles. The average Bonchev–Trinajstić information content (AvgIpc) is 3.00. The van der Waals surface area contributed by atoms with E-state index in [9.17, 15) is 4.79 Å². The van der Waals surface area contributed by atoms with Gasteiger partial charge in [0, 0.05) is 16.9 Å². The number of rotatable bonds is 6. The van der Waals surface area contributed by atoms with Crippen LogP contribution < -0.4 is 11.1 Å². The minimum Gasteiger partial charge on any atom is -0.409 e. The fraction of sp³-hybridized carbons (Fsp3) is 0.200. The summed E-state index contributed by atoms with van der Waals surface area (Å²) in [5, 5.41) is 16.5. The highest BCUT2D eigenvalue weighted by Crippen LogP contribution is 2.16. The van der Waals surface area contributed by atoms with E-state index in [4.69, 9.17) is 10.9 Å². The van der Waals surface area contributed by atoms with Crippen molar-refractivity contribution in [2.24, 2.45) is 10.9 Å². The van der Waals surface area contributed by atoms with Crippen molar-refractivity contribution in [2.75, 3.05) is 5.32 Å². The van der Waals surface area contributed by atoms with Crippen LogP contribution in [0.2, 0.25) is 0 Å². The highest BCUT2D eigenvalue weighted by Gasteiger charge is 2.09. The fourth-order valence-electron chi connectivity index (χ4n) is 1.96. The molecule has 0 fully saturated rings. The van der Waals surface area contributed by atoms with Gasteiger partial charge in [-0.3, -0.25) is 4.79 Å². The van der Waals surface area contributed by atoms with Gasteiger partial charge in [-0.05, 0) is 36.4 Å². The Morgan fingerprint density at radius 1 is 1.29 bits per heavy atom. The summed E-state index contributed by atoms with van der Waals surface area (Å²) in [6.07, 6.45) is 2.12. The summed E-state index contributed by atoms with van der Waals surface area (Å²) in [7, 11) is 0. The minimum atomic E-state index is -0.0789. The molecule has 21 heavy (non-hydrogen) atoms. The molecule has 1 amide bonds. The molecule has 0 spiro atoms. The maximum absolute atomic E-state index is 12.0. The first-order chi connectivity index (χ1) is 10.2. The van der Waals surface area contributed by atoms with Gasteiger partial charge in [0.05, 0.1) is 5.69 Å². The van der Waals surface area contributed by atoms with Crippen molar-refractivity contribution in [2.45, 2.75) is 19.3 Å². The number of hydrogen-bond donors (Lipinski definition) is 3. The Bertz CT molecular complexity index is 624. The number of carbonyl (C=O) groups excluding carboxylic acids is 1. The van der Waals surface area contributed by atoms with E-state index in [-0.39, 0.29) is 11.7 Å². The van der Waals surface area contributed by atoms with Crippen LogP contribution in [0.5, 0.6) is 0 Å². The molecule has 6 heteroatoms. The number of thiophene rings is 1. The van der Waals surface area contributed by atoms with E-state index in [0.717, 1.165) is 12.8 Å². The number of hydrogen-bond acceptors (Lipinski definition) is 4. The molecule has 0 bridgehead atoms. The van der Waals surface area contributed by atoms with Gasteiger partial charge in [-0.1, -0.05) is 23.4 Å². The van der Waals surface area contributed by atoms with E-state index >= 15 is 0 Å². The molecule has 0 aliphatic rings. The minimum absolute atomic E-state index is 0.0236.